The monoisotopic (exact) mass is 1380 g/mol. The van der Waals surface area contributed by atoms with Crippen LogP contribution in [0.15, 0.2) is 0 Å². The second kappa shape index (κ2) is 50.8. The molecule has 0 heterocycles. The molecule has 0 aromatic rings. The topological polar surface area (TPSA) is 360 Å². The molecule has 0 bridgehead atoms. The molecule has 92 heavy (non-hydrogen) atoms. The van der Waals surface area contributed by atoms with Crippen molar-refractivity contribution < 1.29 is 90.6 Å². The third-order valence-corrected chi connectivity index (χ3v) is 17.7. The van der Waals surface area contributed by atoms with E-state index in [1.807, 2.05) is 130 Å². The van der Waals surface area contributed by atoms with E-state index in [-0.39, 0.29) is 99.5 Å². The van der Waals surface area contributed by atoms with Crippen LogP contribution in [0.2, 0.25) is 0 Å². The zero-order valence-corrected chi connectivity index (χ0v) is 64.6. The molecule has 0 radical (unpaired) electrons. The summed E-state index contributed by atoms with van der Waals surface area (Å²) in [6, 6.07) is 0. The Bertz CT molecular complexity index is 2250. The molecule has 0 aliphatic carbocycles. The molecule has 0 aliphatic rings. The van der Waals surface area contributed by atoms with E-state index in [1.54, 1.807) is 0 Å². The average Bonchev–Trinajstić information content (AvgIpc) is 2.15. The molecule has 0 rings (SSSR count). The first-order valence-electron chi connectivity index (χ1n) is 33.4. The van der Waals surface area contributed by atoms with Crippen molar-refractivity contribution in [3.63, 3.8) is 0 Å². The molecule has 0 saturated heterocycles. The number of nitrogens with two attached hydrogens (primary N) is 2. The number of nitrogens with zero attached hydrogens (tertiary/aromatic N) is 4. The number of ether oxygens (including phenoxy) is 2. The van der Waals surface area contributed by atoms with Crippen LogP contribution in [0, 0.1) is 35.5 Å². The predicted molar refractivity (Wildman–Crippen MR) is 367 cm³/mol. The third kappa shape index (κ3) is 69.3. The number of quaternary nitrogens is 3. The maximum absolute atomic E-state index is 12.9. The minimum absolute atomic E-state index is 0.0224. The summed E-state index contributed by atoms with van der Waals surface area (Å²) in [5, 5.41) is 2.92. The lowest BCUT2D eigenvalue weighted by Crippen LogP contribution is -2.45. The highest BCUT2D eigenvalue weighted by Gasteiger charge is 2.25. The number of carbonyl (C=O) groups excluding carboxylic acids is 6. The summed E-state index contributed by atoms with van der Waals surface area (Å²) in [5.41, 5.74) is 9.12. The zero-order valence-electron chi connectivity index (χ0n) is 62.2. The average molecular weight is 1390 g/mol. The third-order valence-electron chi connectivity index (χ3n) is 15.3. The van der Waals surface area contributed by atoms with Crippen LogP contribution >= 0.6 is 0 Å². The van der Waals surface area contributed by atoms with Gasteiger partial charge in [-0.3, -0.25) is 28.8 Å². The molecule has 6 unspecified atom stereocenters. The molecule has 4 amide bonds. The van der Waals surface area contributed by atoms with Gasteiger partial charge in [-0.25, -0.2) is 25.3 Å². The van der Waals surface area contributed by atoms with Gasteiger partial charge < -0.3 is 58.3 Å². The molecule has 0 fully saturated rings. The summed E-state index contributed by atoms with van der Waals surface area (Å²) in [6.45, 7) is 41.4. The van der Waals surface area contributed by atoms with Crippen molar-refractivity contribution in [2.45, 2.75) is 232 Å². The van der Waals surface area contributed by atoms with Crippen LogP contribution in [0.25, 0.3) is 0 Å². The van der Waals surface area contributed by atoms with Gasteiger partial charge in [-0.2, -0.15) is 0 Å². The first-order valence-corrected chi connectivity index (χ1v) is 38.1. The van der Waals surface area contributed by atoms with Gasteiger partial charge in [0.2, 0.25) is 23.6 Å². The van der Waals surface area contributed by atoms with Crippen molar-refractivity contribution in [1.29, 1.82) is 0 Å². The first-order chi connectivity index (χ1) is 41.5. The number of unbranched alkanes of at least 4 members (excludes halogenated alkanes) is 3. The Labute approximate surface area is 561 Å². The van der Waals surface area contributed by atoms with Gasteiger partial charge in [0, 0.05) is 79.8 Å². The number of hydrogen-bond acceptors (Lipinski definition) is 17. The summed E-state index contributed by atoms with van der Waals surface area (Å²) >= 11 is 0. The van der Waals surface area contributed by atoms with Gasteiger partial charge in [0.15, 0.2) is 0 Å². The van der Waals surface area contributed by atoms with E-state index < -0.39 is 30.4 Å². The lowest BCUT2D eigenvalue weighted by atomic mass is 10.1. The van der Waals surface area contributed by atoms with Crippen molar-refractivity contribution in [1.82, 2.24) is 10.2 Å². The highest BCUT2D eigenvalue weighted by atomic mass is 32.2. The zero-order chi connectivity index (χ0) is 73.7. The van der Waals surface area contributed by atoms with Crippen LogP contribution in [0.1, 0.15) is 221 Å². The highest BCUT2D eigenvalue weighted by molar-refractivity contribution is 7.86. The van der Waals surface area contributed by atoms with Crippen molar-refractivity contribution in [3.05, 3.63) is 0 Å². The Kier molecular flexibility index (Phi) is 54.9. The van der Waals surface area contributed by atoms with Crippen LogP contribution in [0.4, 0.5) is 0 Å². The molecule has 0 aromatic carbocycles. The van der Waals surface area contributed by atoms with Gasteiger partial charge in [-0.15, -0.1) is 0 Å². The maximum atomic E-state index is 12.9. The number of nitrogens with one attached hydrogen (secondary N) is 1. The molecule has 27 heteroatoms. The Hall–Kier alpha value is -3.57. The number of hydrogen-bond donors (Lipinski definition) is 3. The van der Waals surface area contributed by atoms with E-state index in [2.05, 4.69) is 47.6 Å². The molecular weight excluding hydrogens is 1250 g/mol. The molecule has 0 aliphatic heterocycles. The summed E-state index contributed by atoms with van der Waals surface area (Å²) in [4.78, 5) is 69.1. The summed E-state index contributed by atoms with van der Waals surface area (Å²) in [5.74, 6) is -1.13. The Morgan fingerprint density at radius 3 is 0.880 bits per heavy atom. The van der Waals surface area contributed by atoms with E-state index in [1.165, 1.54) is 0 Å². The van der Waals surface area contributed by atoms with Crippen LogP contribution in [0.3, 0.4) is 0 Å². The molecule has 24 nitrogen and oxygen atoms in total. The SMILES string of the molecule is CCC(C)C(=O)N(CCC[N+](C)(C)CCCCS(=O)(=O)[O-])CCC[N+](C)(C)CCCCS(=O)(=O)[O-].CCC(C)C(=O)NCCC[N+](C)(C)CCCCS(=O)(=O)[O-].CCC(C)C(=O)OC(C)(C)C.CCC(C)C(=O)OC(C)(C)C.CCC(C)C(N)=O.CCC(C)C(N)=O. The van der Waals surface area contributed by atoms with E-state index in [4.69, 9.17) is 20.9 Å². The van der Waals surface area contributed by atoms with Gasteiger partial charge in [0.25, 0.3) is 0 Å². The largest absolute Gasteiger partial charge is 0.748 e. The Morgan fingerprint density at radius 1 is 0.413 bits per heavy atom. The lowest BCUT2D eigenvalue weighted by Gasteiger charge is -2.33. The van der Waals surface area contributed by atoms with Crippen LogP contribution < -0.4 is 16.8 Å². The molecule has 0 spiro atoms. The fourth-order valence-electron chi connectivity index (χ4n) is 7.61. The molecule has 0 aromatic heterocycles. The minimum atomic E-state index is -4.16. The van der Waals surface area contributed by atoms with Crippen molar-refractivity contribution in [2.75, 3.05) is 118 Å². The Balaban J connectivity index is -0.000000272. The second-order valence-corrected chi connectivity index (χ2v) is 33.0. The summed E-state index contributed by atoms with van der Waals surface area (Å²) in [6.07, 6.45) is 10.7. The fraction of sp³-hybridized carbons (Fsp3) is 0.908. The molecule has 552 valence electrons. The second-order valence-electron chi connectivity index (χ2n) is 28.5. The number of carbonyl (C=O) groups is 6. The standard InChI is InChI=1S/C23H49N3O7S2.C14H30N2O4S.2C9H18O2.2C5H11NO/c1-7-22(2)23(27)24(14-12-18-25(3,4)16-8-10-20-34(28,29)30)15-13-19-26(5,6)17-9-11-21-35(31,32)33;1-5-13(2)14(17)15-9-8-11-16(3,4)10-6-7-12-21(18,19)20;2*1-6-7(2)8(10)11-9(3,4)5;2*1-3-4(2)5(6)7/h22H,7-21H2,1-6H3;13H,5-12H2,1-4H3,(H-,15,17,18,19,20);2*7H,6H2,1-5H3;2*4H,3H2,1-2H3,(H2,6,7). The van der Waals surface area contributed by atoms with E-state index in [9.17, 15) is 67.7 Å². The smallest absolute Gasteiger partial charge is 0.309 e. The van der Waals surface area contributed by atoms with Crippen LogP contribution in [0.5, 0.6) is 0 Å². The van der Waals surface area contributed by atoms with E-state index >= 15 is 0 Å². The molecule has 6 atom stereocenters. The van der Waals surface area contributed by atoms with E-state index in [0.29, 0.717) is 67.1 Å². The normalized spacial score (nSPS) is 14.0. The van der Waals surface area contributed by atoms with Gasteiger partial charge in [0.05, 0.1) is 124 Å². The van der Waals surface area contributed by atoms with Crippen molar-refractivity contribution >= 4 is 65.9 Å². The lowest BCUT2D eigenvalue weighted by molar-refractivity contribution is -0.891. The Morgan fingerprint density at radius 2 is 0.663 bits per heavy atom. The van der Waals surface area contributed by atoms with Gasteiger partial charge in [-0.1, -0.05) is 83.1 Å². The van der Waals surface area contributed by atoms with Crippen LogP contribution in [-0.2, 0) is 68.6 Å². The molecule has 0 saturated carbocycles. The van der Waals surface area contributed by atoms with Crippen LogP contribution in [-0.4, -0.2) is 222 Å². The summed E-state index contributed by atoms with van der Waals surface area (Å²) < 4.78 is 109. The minimum Gasteiger partial charge on any atom is -0.748 e. The molecular formula is C65H137N7O17S3. The maximum Gasteiger partial charge on any atom is 0.309 e. The van der Waals surface area contributed by atoms with Crippen molar-refractivity contribution in [2.24, 2.45) is 47.0 Å². The van der Waals surface area contributed by atoms with E-state index in [0.717, 1.165) is 102 Å². The summed E-state index contributed by atoms with van der Waals surface area (Å²) in [7, 11) is 0.0284. The fourth-order valence-corrected chi connectivity index (χ4v) is 9.28. The van der Waals surface area contributed by atoms with Gasteiger partial charge in [-0.05, 0) is 119 Å². The number of rotatable bonds is 39. The van der Waals surface area contributed by atoms with Gasteiger partial charge in [0.1, 0.15) is 11.2 Å². The quantitative estimate of drug-likeness (QED) is 0.0226. The number of primary amides is 2. The van der Waals surface area contributed by atoms with Crippen molar-refractivity contribution in [3.8, 4) is 0 Å². The number of amides is 4. The number of esters is 2. The highest BCUT2D eigenvalue weighted by Crippen LogP contribution is 2.16. The predicted octanol–water partition coefficient (Wildman–Crippen LogP) is 8.17. The first kappa shape index (κ1) is 99.5. The molecule has 5 N–H and O–H groups in total. The van der Waals surface area contributed by atoms with Gasteiger partial charge >= 0.3 is 11.9 Å².